The molecule has 0 fully saturated rings. The first-order valence-corrected chi connectivity index (χ1v) is 11.9. The minimum absolute atomic E-state index is 0. The van der Waals surface area contributed by atoms with Gasteiger partial charge in [-0.25, -0.2) is 18.1 Å². The largest absolute Gasteiger partial charge is 0.357 e. The molecule has 1 unspecified atom stereocenters. The number of nitrogens with one attached hydrogen (secondary N) is 3. The molecule has 168 valence electrons. The molecule has 0 amide bonds. The van der Waals surface area contributed by atoms with E-state index in [-0.39, 0.29) is 35.8 Å². The van der Waals surface area contributed by atoms with Crippen LogP contribution in [0.2, 0.25) is 0 Å². The molecule has 0 aliphatic rings. The van der Waals surface area contributed by atoms with Gasteiger partial charge >= 0.3 is 0 Å². The first-order chi connectivity index (χ1) is 13.1. The number of halogens is 1. The van der Waals surface area contributed by atoms with Crippen LogP contribution in [0.15, 0.2) is 29.3 Å². The summed E-state index contributed by atoms with van der Waals surface area (Å²) in [5, 5.41) is 6.74. The van der Waals surface area contributed by atoms with Crippen LogP contribution in [0.4, 0.5) is 0 Å². The van der Waals surface area contributed by atoms with Gasteiger partial charge in [-0.3, -0.25) is 0 Å². The molecule has 0 heterocycles. The van der Waals surface area contributed by atoms with Crippen molar-refractivity contribution in [2.75, 3.05) is 6.54 Å². The molecule has 0 spiro atoms. The molecule has 1 rings (SSSR count). The van der Waals surface area contributed by atoms with E-state index in [1.54, 1.807) is 0 Å². The van der Waals surface area contributed by atoms with E-state index in [1.807, 2.05) is 38.1 Å². The van der Waals surface area contributed by atoms with Crippen LogP contribution in [0.1, 0.15) is 65.5 Å². The number of benzene rings is 1. The van der Waals surface area contributed by atoms with Gasteiger partial charge < -0.3 is 10.6 Å². The van der Waals surface area contributed by atoms with E-state index < -0.39 is 10.0 Å². The van der Waals surface area contributed by atoms with E-state index >= 15 is 0 Å². The summed E-state index contributed by atoms with van der Waals surface area (Å²) >= 11 is 0. The van der Waals surface area contributed by atoms with Gasteiger partial charge in [0.2, 0.25) is 10.0 Å². The summed E-state index contributed by atoms with van der Waals surface area (Å²) in [5.41, 5.74) is 1.82. The van der Waals surface area contributed by atoms with Crippen LogP contribution < -0.4 is 15.4 Å². The summed E-state index contributed by atoms with van der Waals surface area (Å²) in [6, 6.07) is 7.86. The summed E-state index contributed by atoms with van der Waals surface area (Å²) in [6.45, 7) is 13.7. The lowest BCUT2D eigenvalue weighted by atomic mass is 10.0. The van der Waals surface area contributed by atoms with Crippen molar-refractivity contribution >= 4 is 40.0 Å². The lowest BCUT2D eigenvalue weighted by Gasteiger charge is -2.18. The Morgan fingerprint density at radius 1 is 1.00 bits per heavy atom. The second kappa shape index (κ2) is 14.2. The number of hydrogen-bond acceptors (Lipinski definition) is 3. The van der Waals surface area contributed by atoms with Crippen LogP contribution >= 0.6 is 24.0 Å². The fraction of sp³-hybridized carbons (Fsp3) is 0.667. The molecular formula is C21H39IN4O2S. The third-order valence-electron chi connectivity index (χ3n) is 4.12. The molecule has 6 nitrogen and oxygen atoms in total. The molecule has 0 aliphatic carbocycles. The molecule has 0 saturated heterocycles. The van der Waals surface area contributed by atoms with Crippen molar-refractivity contribution in [2.45, 2.75) is 78.8 Å². The minimum Gasteiger partial charge on any atom is -0.357 e. The fourth-order valence-electron chi connectivity index (χ4n) is 2.74. The quantitative estimate of drug-likeness (QED) is 0.226. The second-order valence-corrected chi connectivity index (χ2v) is 9.81. The van der Waals surface area contributed by atoms with Gasteiger partial charge in [0.15, 0.2) is 5.96 Å². The SMILES string of the molecule is CCNC(=NCc1ccc(CS(=O)(=O)NC(C)C)cc1)NC(C)CCC(C)C.I. The van der Waals surface area contributed by atoms with Crippen molar-refractivity contribution in [3.63, 3.8) is 0 Å². The Labute approximate surface area is 194 Å². The zero-order chi connectivity index (χ0) is 21.2. The topological polar surface area (TPSA) is 82.6 Å². The van der Waals surface area contributed by atoms with Gasteiger partial charge in [0.25, 0.3) is 0 Å². The molecule has 1 atom stereocenters. The first-order valence-electron chi connectivity index (χ1n) is 10.2. The lowest BCUT2D eigenvalue weighted by molar-refractivity contribution is 0.489. The summed E-state index contributed by atoms with van der Waals surface area (Å²) < 4.78 is 26.7. The second-order valence-electron chi connectivity index (χ2n) is 8.06. The van der Waals surface area contributed by atoms with E-state index in [1.165, 1.54) is 6.42 Å². The van der Waals surface area contributed by atoms with Gasteiger partial charge in [0.05, 0.1) is 12.3 Å². The Bertz CT molecular complexity index is 704. The van der Waals surface area contributed by atoms with Crippen molar-refractivity contribution in [1.82, 2.24) is 15.4 Å². The van der Waals surface area contributed by atoms with Gasteiger partial charge in [-0.05, 0) is 57.6 Å². The number of sulfonamides is 1. The highest BCUT2D eigenvalue weighted by atomic mass is 127. The average Bonchev–Trinajstić information content (AvgIpc) is 2.58. The molecule has 0 aromatic heterocycles. The molecule has 0 radical (unpaired) electrons. The molecule has 0 aliphatic heterocycles. The molecule has 1 aromatic carbocycles. The summed E-state index contributed by atoms with van der Waals surface area (Å²) in [6.07, 6.45) is 2.29. The van der Waals surface area contributed by atoms with Crippen LogP contribution in [-0.2, 0) is 22.3 Å². The number of guanidine groups is 1. The molecule has 29 heavy (non-hydrogen) atoms. The summed E-state index contributed by atoms with van der Waals surface area (Å²) in [7, 11) is -3.30. The molecular weight excluding hydrogens is 499 g/mol. The van der Waals surface area contributed by atoms with Crippen molar-refractivity contribution in [2.24, 2.45) is 10.9 Å². The van der Waals surface area contributed by atoms with Crippen molar-refractivity contribution in [3.05, 3.63) is 35.4 Å². The number of rotatable bonds is 11. The summed E-state index contributed by atoms with van der Waals surface area (Å²) in [5.74, 6) is 1.50. The number of hydrogen-bond donors (Lipinski definition) is 3. The maximum Gasteiger partial charge on any atom is 0.216 e. The zero-order valence-corrected chi connectivity index (χ0v) is 21.8. The Kier molecular flexibility index (Phi) is 13.8. The third kappa shape index (κ3) is 13.1. The molecule has 0 saturated carbocycles. The van der Waals surface area contributed by atoms with E-state index in [0.717, 1.165) is 30.1 Å². The predicted octanol–water partition coefficient (Wildman–Crippen LogP) is 4.01. The van der Waals surface area contributed by atoms with Gasteiger partial charge in [0, 0.05) is 18.6 Å². The van der Waals surface area contributed by atoms with E-state index in [9.17, 15) is 8.42 Å². The maximum absolute atomic E-state index is 12.0. The van der Waals surface area contributed by atoms with E-state index in [2.05, 4.69) is 48.0 Å². The molecule has 8 heteroatoms. The van der Waals surface area contributed by atoms with Gasteiger partial charge in [-0.1, -0.05) is 38.1 Å². The van der Waals surface area contributed by atoms with Crippen molar-refractivity contribution in [1.29, 1.82) is 0 Å². The summed E-state index contributed by atoms with van der Waals surface area (Å²) in [4.78, 5) is 4.66. The molecule has 3 N–H and O–H groups in total. The lowest BCUT2D eigenvalue weighted by Crippen LogP contribution is -2.42. The van der Waals surface area contributed by atoms with Crippen LogP contribution in [0, 0.1) is 5.92 Å². The van der Waals surface area contributed by atoms with Gasteiger partial charge in [-0.2, -0.15) is 0 Å². The van der Waals surface area contributed by atoms with Crippen LogP contribution in [-0.4, -0.2) is 33.0 Å². The standard InChI is InChI=1S/C21H38N4O2S.HI/c1-7-22-21(24-18(6)9-8-16(2)3)23-14-19-10-12-20(13-11-19)15-28(26,27)25-17(4)5;/h10-13,16-18,25H,7-9,14-15H2,1-6H3,(H2,22,23,24);1H. The fourth-order valence-corrected chi connectivity index (χ4v) is 4.17. The van der Waals surface area contributed by atoms with Crippen LogP contribution in [0.3, 0.4) is 0 Å². The smallest absolute Gasteiger partial charge is 0.216 e. The highest BCUT2D eigenvalue weighted by Crippen LogP contribution is 2.10. The zero-order valence-electron chi connectivity index (χ0n) is 18.7. The Morgan fingerprint density at radius 3 is 2.10 bits per heavy atom. The Morgan fingerprint density at radius 2 is 1.59 bits per heavy atom. The number of nitrogens with zero attached hydrogens (tertiary/aromatic N) is 1. The average molecular weight is 539 g/mol. The monoisotopic (exact) mass is 538 g/mol. The van der Waals surface area contributed by atoms with E-state index in [0.29, 0.717) is 18.5 Å². The minimum atomic E-state index is -3.30. The molecule has 0 bridgehead atoms. The maximum atomic E-state index is 12.0. The highest BCUT2D eigenvalue weighted by Gasteiger charge is 2.12. The van der Waals surface area contributed by atoms with Gasteiger partial charge in [0.1, 0.15) is 0 Å². The van der Waals surface area contributed by atoms with E-state index in [4.69, 9.17) is 0 Å². The third-order valence-corrected chi connectivity index (χ3v) is 5.66. The molecule has 1 aromatic rings. The van der Waals surface area contributed by atoms with Crippen molar-refractivity contribution < 1.29 is 8.42 Å². The first kappa shape index (κ1) is 28.1. The highest BCUT2D eigenvalue weighted by molar-refractivity contribution is 14.0. The Hall–Kier alpha value is -0.870. The van der Waals surface area contributed by atoms with Crippen LogP contribution in [0.5, 0.6) is 0 Å². The number of aliphatic imine (C=N–C) groups is 1. The normalized spacial score (nSPS) is 13.3. The predicted molar refractivity (Wildman–Crippen MR) is 134 cm³/mol. The Balaban J connectivity index is 0.00000784. The van der Waals surface area contributed by atoms with Crippen molar-refractivity contribution in [3.8, 4) is 0 Å². The van der Waals surface area contributed by atoms with Crippen LogP contribution in [0.25, 0.3) is 0 Å². The van der Waals surface area contributed by atoms with Gasteiger partial charge in [-0.15, -0.1) is 24.0 Å².